The normalized spacial score (nSPS) is 14.2. The summed E-state index contributed by atoms with van der Waals surface area (Å²) in [4.78, 5) is 0. The lowest BCUT2D eigenvalue weighted by atomic mass is 9.74. The van der Waals surface area contributed by atoms with Crippen LogP contribution in [0.15, 0.2) is 47.2 Å². The molecular formula is C17H23NS. The maximum atomic E-state index is 3.39. The van der Waals surface area contributed by atoms with E-state index in [1.54, 1.807) is 11.3 Å². The van der Waals surface area contributed by atoms with Gasteiger partial charge in [-0.25, -0.2) is 0 Å². The van der Waals surface area contributed by atoms with E-state index >= 15 is 0 Å². The minimum absolute atomic E-state index is 0.248. The standard InChI is InChI=1S/C17H23NS/c1-3-17(14-18-2,16-7-5-4-6-8-16)11-9-15-10-12-19-13-15/h4-8,10,12-13,18H,3,9,11,14H2,1-2H3. The van der Waals surface area contributed by atoms with E-state index in [1.807, 2.05) is 0 Å². The predicted octanol–water partition coefficient (Wildman–Crippen LogP) is 4.25. The van der Waals surface area contributed by atoms with Crippen LogP contribution in [0.1, 0.15) is 30.9 Å². The first-order valence-corrected chi connectivity index (χ1v) is 7.96. The molecule has 1 aromatic heterocycles. The van der Waals surface area contributed by atoms with Crippen LogP contribution < -0.4 is 5.32 Å². The van der Waals surface area contributed by atoms with Gasteiger partial charge in [0.1, 0.15) is 0 Å². The van der Waals surface area contributed by atoms with Crippen molar-refractivity contribution in [1.82, 2.24) is 5.32 Å². The lowest BCUT2D eigenvalue weighted by Crippen LogP contribution is -2.36. The molecule has 1 atom stereocenters. The molecule has 1 N–H and O–H groups in total. The van der Waals surface area contributed by atoms with E-state index < -0.39 is 0 Å². The van der Waals surface area contributed by atoms with Gasteiger partial charge in [-0.15, -0.1) is 0 Å². The Morgan fingerprint density at radius 2 is 1.95 bits per heavy atom. The summed E-state index contributed by atoms with van der Waals surface area (Å²) >= 11 is 1.79. The fraction of sp³-hybridized carbons (Fsp3) is 0.412. The maximum absolute atomic E-state index is 3.39. The van der Waals surface area contributed by atoms with Gasteiger partial charge in [-0.1, -0.05) is 37.3 Å². The molecule has 0 saturated carbocycles. The molecule has 1 nitrogen and oxygen atoms in total. The minimum Gasteiger partial charge on any atom is -0.319 e. The van der Waals surface area contributed by atoms with Crippen molar-refractivity contribution in [2.45, 2.75) is 31.6 Å². The van der Waals surface area contributed by atoms with Gasteiger partial charge in [0.15, 0.2) is 0 Å². The van der Waals surface area contributed by atoms with Crippen molar-refractivity contribution < 1.29 is 0 Å². The zero-order chi connectivity index (χ0) is 13.6. The number of nitrogens with one attached hydrogen (secondary N) is 1. The van der Waals surface area contributed by atoms with Crippen LogP contribution >= 0.6 is 11.3 Å². The lowest BCUT2D eigenvalue weighted by molar-refractivity contribution is 0.365. The Morgan fingerprint density at radius 3 is 2.53 bits per heavy atom. The van der Waals surface area contributed by atoms with Gasteiger partial charge in [0, 0.05) is 12.0 Å². The SMILES string of the molecule is CCC(CCc1ccsc1)(CNC)c1ccccc1. The molecular weight excluding hydrogens is 250 g/mol. The third-order valence-corrected chi connectivity index (χ3v) is 4.78. The highest BCUT2D eigenvalue weighted by Gasteiger charge is 2.29. The van der Waals surface area contributed by atoms with Gasteiger partial charge in [0.05, 0.1) is 0 Å². The van der Waals surface area contributed by atoms with Crippen molar-refractivity contribution in [2.75, 3.05) is 13.6 Å². The molecule has 2 aromatic rings. The molecule has 19 heavy (non-hydrogen) atoms. The molecule has 0 bridgehead atoms. The van der Waals surface area contributed by atoms with Crippen molar-refractivity contribution in [3.05, 3.63) is 58.3 Å². The molecule has 2 heteroatoms. The molecule has 0 aliphatic carbocycles. The summed E-state index contributed by atoms with van der Waals surface area (Å²) in [7, 11) is 2.05. The second-order valence-corrected chi connectivity index (χ2v) is 5.94. The van der Waals surface area contributed by atoms with Gasteiger partial charge in [0.2, 0.25) is 0 Å². The van der Waals surface area contributed by atoms with Crippen LogP contribution in [0.3, 0.4) is 0 Å². The van der Waals surface area contributed by atoms with Crippen molar-refractivity contribution in [3.8, 4) is 0 Å². The smallest absolute Gasteiger partial charge is 0.00782 e. The Labute approximate surface area is 120 Å². The summed E-state index contributed by atoms with van der Waals surface area (Å²) < 4.78 is 0. The molecule has 0 aliphatic heterocycles. The van der Waals surface area contributed by atoms with Gasteiger partial charge >= 0.3 is 0 Å². The molecule has 0 fully saturated rings. The average Bonchev–Trinajstić information content (AvgIpc) is 2.98. The van der Waals surface area contributed by atoms with Gasteiger partial charge < -0.3 is 5.32 Å². The third kappa shape index (κ3) is 3.46. The summed E-state index contributed by atoms with van der Waals surface area (Å²) in [6.45, 7) is 3.34. The highest BCUT2D eigenvalue weighted by molar-refractivity contribution is 7.07. The summed E-state index contributed by atoms with van der Waals surface area (Å²) in [6, 6.07) is 13.2. The van der Waals surface area contributed by atoms with Crippen molar-refractivity contribution in [2.24, 2.45) is 0 Å². The molecule has 0 radical (unpaired) electrons. The maximum Gasteiger partial charge on any atom is 0.00782 e. The van der Waals surface area contributed by atoms with Crippen LogP contribution in [0.5, 0.6) is 0 Å². The number of hydrogen-bond donors (Lipinski definition) is 1. The van der Waals surface area contributed by atoms with E-state index in [4.69, 9.17) is 0 Å². The van der Waals surface area contributed by atoms with Crippen LogP contribution in [0.25, 0.3) is 0 Å². The second-order valence-electron chi connectivity index (χ2n) is 5.16. The first-order chi connectivity index (χ1) is 9.30. The first-order valence-electron chi connectivity index (χ1n) is 7.02. The number of thiophene rings is 1. The van der Waals surface area contributed by atoms with Crippen LogP contribution in [0.2, 0.25) is 0 Å². The Balaban J connectivity index is 2.18. The number of hydrogen-bond acceptors (Lipinski definition) is 2. The zero-order valence-electron chi connectivity index (χ0n) is 11.9. The minimum atomic E-state index is 0.248. The van der Waals surface area contributed by atoms with Gasteiger partial charge in [0.25, 0.3) is 0 Å². The fourth-order valence-corrected chi connectivity index (χ4v) is 3.49. The fourth-order valence-electron chi connectivity index (χ4n) is 2.79. The zero-order valence-corrected chi connectivity index (χ0v) is 12.7. The Bertz CT molecular complexity index is 463. The highest BCUT2D eigenvalue weighted by Crippen LogP contribution is 2.32. The molecule has 0 spiro atoms. The van der Waals surface area contributed by atoms with E-state index in [2.05, 4.69) is 66.4 Å². The molecule has 1 unspecified atom stereocenters. The average molecular weight is 273 g/mol. The summed E-state index contributed by atoms with van der Waals surface area (Å²) in [5.74, 6) is 0. The molecule has 0 amide bonds. The number of likely N-dealkylation sites (N-methyl/N-ethyl adjacent to an activating group) is 1. The van der Waals surface area contributed by atoms with E-state index in [0.717, 1.165) is 13.0 Å². The van der Waals surface area contributed by atoms with E-state index in [-0.39, 0.29) is 5.41 Å². The summed E-state index contributed by atoms with van der Waals surface area (Å²) in [5, 5.41) is 7.83. The molecule has 2 rings (SSSR count). The van der Waals surface area contributed by atoms with Gasteiger partial charge in [-0.05, 0) is 54.3 Å². The molecule has 1 aromatic carbocycles. The van der Waals surface area contributed by atoms with E-state index in [0.29, 0.717) is 0 Å². The lowest BCUT2D eigenvalue weighted by Gasteiger charge is -2.33. The van der Waals surface area contributed by atoms with Crippen molar-refractivity contribution in [1.29, 1.82) is 0 Å². The Kier molecular flexibility index (Phi) is 5.17. The highest BCUT2D eigenvalue weighted by atomic mass is 32.1. The second kappa shape index (κ2) is 6.88. The van der Waals surface area contributed by atoms with Gasteiger partial charge in [-0.3, -0.25) is 0 Å². The quantitative estimate of drug-likeness (QED) is 0.795. The van der Waals surface area contributed by atoms with E-state index in [9.17, 15) is 0 Å². The largest absolute Gasteiger partial charge is 0.319 e. The molecule has 1 heterocycles. The van der Waals surface area contributed by atoms with Crippen molar-refractivity contribution >= 4 is 11.3 Å². The van der Waals surface area contributed by atoms with Crippen LogP contribution in [0.4, 0.5) is 0 Å². The topological polar surface area (TPSA) is 12.0 Å². The Hall–Kier alpha value is -1.12. The number of aryl methyl sites for hydroxylation is 1. The molecule has 102 valence electrons. The number of rotatable bonds is 7. The molecule has 0 saturated heterocycles. The van der Waals surface area contributed by atoms with Gasteiger partial charge in [-0.2, -0.15) is 11.3 Å². The predicted molar refractivity (Wildman–Crippen MR) is 85.0 cm³/mol. The van der Waals surface area contributed by atoms with Crippen LogP contribution in [-0.4, -0.2) is 13.6 Å². The first kappa shape index (κ1) is 14.3. The number of benzene rings is 1. The monoisotopic (exact) mass is 273 g/mol. The summed E-state index contributed by atoms with van der Waals surface area (Å²) in [6.07, 6.45) is 3.53. The summed E-state index contributed by atoms with van der Waals surface area (Å²) in [5.41, 5.74) is 3.18. The van der Waals surface area contributed by atoms with E-state index in [1.165, 1.54) is 24.0 Å². The van der Waals surface area contributed by atoms with Crippen LogP contribution in [-0.2, 0) is 11.8 Å². The van der Waals surface area contributed by atoms with Crippen LogP contribution in [0, 0.1) is 0 Å². The third-order valence-electron chi connectivity index (χ3n) is 4.05. The molecule has 0 aliphatic rings. The van der Waals surface area contributed by atoms with Crippen molar-refractivity contribution in [3.63, 3.8) is 0 Å². The Morgan fingerprint density at radius 1 is 1.16 bits per heavy atom.